The zero-order valence-electron chi connectivity index (χ0n) is 14.6. The molecule has 134 valence electrons. The second-order valence-electron chi connectivity index (χ2n) is 6.93. The van der Waals surface area contributed by atoms with Crippen molar-refractivity contribution in [3.05, 3.63) is 60.4 Å². The van der Waals surface area contributed by atoms with Gasteiger partial charge < -0.3 is 19.9 Å². The number of urea groups is 1. The van der Waals surface area contributed by atoms with Gasteiger partial charge in [0.25, 0.3) is 0 Å². The summed E-state index contributed by atoms with van der Waals surface area (Å²) in [7, 11) is 0. The van der Waals surface area contributed by atoms with Crippen molar-refractivity contribution in [1.82, 2.24) is 14.8 Å². The number of nitrogens with zero attached hydrogens (tertiary/aromatic N) is 2. The van der Waals surface area contributed by atoms with Gasteiger partial charge in [-0.1, -0.05) is 43.2 Å². The van der Waals surface area contributed by atoms with E-state index < -0.39 is 5.60 Å². The molecule has 1 heterocycles. The van der Waals surface area contributed by atoms with E-state index in [1.165, 1.54) is 0 Å². The molecule has 0 saturated heterocycles. The van der Waals surface area contributed by atoms with Gasteiger partial charge in [0.05, 0.1) is 12.1 Å². The largest absolute Gasteiger partial charge is 0.388 e. The van der Waals surface area contributed by atoms with Crippen LogP contribution in [0.4, 0.5) is 4.79 Å². The molecule has 0 spiro atoms. The maximum Gasteiger partial charge on any atom is 0.317 e. The van der Waals surface area contributed by atoms with Crippen LogP contribution in [0.15, 0.2) is 54.9 Å². The average Bonchev–Trinajstić information content (AvgIpc) is 3.27. The summed E-state index contributed by atoms with van der Waals surface area (Å²) in [5.74, 6) is 0. The van der Waals surface area contributed by atoms with Crippen molar-refractivity contribution in [2.45, 2.75) is 44.4 Å². The summed E-state index contributed by atoms with van der Waals surface area (Å²) in [6.45, 7) is 2.20. The molecule has 1 aliphatic carbocycles. The molecule has 3 rings (SSSR count). The lowest BCUT2D eigenvalue weighted by Gasteiger charge is -2.31. The van der Waals surface area contributed by atoms with Gasteiger partial charge in [0.15, 0.2) is 0 Å². The molecule has 1 aromatic carbocycles. The predicted octanol–water partition coefficient (Wildman–Crippen LogP) is 3.01. The Labute approximate surface area is 149 Å². The number of carbonyl (C=O) groups is 1. The summed E-state index contributed by atoms with van der Waals surface area (Å²) >= 11 is 0. The summed E-state index contributed by atoms with van der Waals surface area (Å²) < 4.78 is 2.03. The first kappa shape index (κ1) is 17.5. The Hall–Kier alpha value is -2.27. The second-order valence-corrected chi connectivity index (χ2v) is 6.93. The molecule has 2 amide bonds. The van der Waals surface area contributed by atoms with E-state index >= 15 is 0 Å². The normalized spacial score (nSPS) is 15.9. The van der Waals surface area contributed by atoms with Gasteiger partial charge in [-0.05, 0) is 30.5 Å². The SMILES string of the molecule is O=C(NCCn1cccc1)N(Cc1ccccc1)CC1(O)CCCC1. The number of benzene rings is 1. The molecule has 2 aromatic rings. The number of rotatable bonds is 7. The molecular formula is C20H27N3O2. The van der Waals surface area contributed by atoms with Crippen molar-refractivity contribution >= 4 is 6.03 Å². The van der Waals surface area contributed by atoms with Gasteiger partial charge in [-0.2, -0.15) is 0 Å². The number of hydrogen-bond donors (Lipinski definition) is 2. The second kappa shape index (κ2) is 8.21. The number of aromatic nitrogens is 1. The summed E-state index contributed by atoms with van der Waals surface area (Å²) in [6.07, 6.45) is 7.57. The van der Waals surface area contributed by atoms with Crippen molar-refractivity contribution in [3.63, 3.8) is 0 Å². The molecule has 5 heteroatoms. The third kappa shape index (κ3) is 5.10. The Morgan fingerprint density at radius 2 is 1.80 bits per heavy atom. The van der Waals surface area contributed by atoms with E-state index in [1.807, 2.05) is 59.4 Å². The molecule has 0 aliphatic heterocycles. The predicted molar refractivity (Wildman–Crippen MR) is 98.1 cm³/mol. The maximum absolute atomic E-state index is 12.7. The van der Waals surface area contributed by atoms with Gasteiger partial charge in [0.2, 0.25) is 0 Å². The highest BCUT2D eigenvalue weighted by Gasteiger charge is 2.34. The number of hydrogen-bond acceptors (Lipinski definition) is 2. The van der Waals surface area contributed by atoms with Crippen molar-refractivity contribution in [2.75, 3.05) is 13.1 Å². The summed E-state index contributed by atoms with van der Waals surface area (Å²) in [5, 5.41) is 13.7. The van der Waals surface area contributed by atoms with Gasteiger partial charge in [-0.3, -0.25) is 0 Å². The van der Waals surface area contributed by atoms with E-state index in [4.69, 9.17) is 0 Å². The van der Waals surface area contributed by atoms with Crippen LogP contribution >= 0.6 is 0 Å². The van der Waals surface area contributed by atoms with Crippen molar-refractivity contribution < 1.29 is 9.90 Å². The first-order valence-electron chi connectivity index (χ1n) is 9.04. The van der Waals surface area contributed by atoms with Gasteiger partial charge in [0.1, 0.15) is 0 Å². The summed E-state index contributed by atoms with van der Waals surface area (Å²) in [6, 6.07) is 13.8. The van der Waals surface area contributed by atoms with Crippen LogP contribution in [-0.2, 0) is 13.1 Å². The lowest BCUT2D eigenvalue weighted by Crippen LogP contribution is -2.48. The van der Waals surface area contributed by atoms with E-state index in [0.29, 0.717) is 19.6 Å². The zero-order valence-corrected chi connectivity index (χ0v) is 14.6. The van der Waals surface area contributed by atoms with Crippen LogP contribution in [-0.4, -0.2) is 39.3 Å². The van der Waals surface area contributed by atoms with E-state index in [0.717, 1.165) is 37.8 Å². The van der Waals surface area contributed by atoms with E-state index in [2.05, 4.69) is 5.32 Å². The van der Waals surface area contributed by atoms with E-state index in [1.54, 1.807) is 4.90 Å². The minimum atomic E-state index is -0.744. The fourth-order valence-electron chi connectivity index (χ4n) is 3.47. The number of aliphatic hydroxyl groups is 1. The minimum absolute atomic E-state index is 0.115. The van der Waals surface area contributed by atoms with Crippen molar-refractivity contribution in [2.24, 2.45) is 0 Å². The molecule has 1 fully saturated rings. The average molecular weight is 341 g/mol. The molecular weight excluding hydrogens is 314 g/mol. The maximum atomic E-state index is 12.7. The molecule has 2 N–H and O–H groups in total. The van der Waals surface area contributed by atoms with E-state index in [9.17, 15) is 9.90 Å². The van der Waals surface area contributed by atoms with Crippen LogP contribution < -0.4 is 5.32 Å². The molecule has 0 radical (unpaired) electrons. The highest BCUT2D eigenvalue weighted by Crippen LogP contribution is 2.30. The van der Waals surface area contributed by atoms with Gasteiger partial charge in [0, 0.05) is 32.0 Å². The quantitative estimate of drug-likeness (QED) is 0.813. The highest BCUT2D eigenvalue weighted by atomic mass is 16.3. The lowest BCUT2D eigenvalue weighted by molar-refractivity contribution is 0.0175. The summed E-state index contributed by atoms with van der Waals surface area (Å²) in [5.41, 5.74) is 0.330. The molecule has 0 atom stereocenters. The lowest BCUT2D eigenvalue weighted by atomic mass is 10.0. The zero-order chi connectivity index (χ0) is 17.5. The fraction of sp³-hybridized carbons (Fsp3) is 0.450. The number of carbonyl (C=O) groups excluding carboxylic acids is 1. The van der Waals surface area contributed by atoms with Crippen LogP contribution in [0, 0.1) is 0 Å². The van der Waals surface area contributed by atoms with Crippen LogP contribution in [0.2, 0.25) is 0 Å². The Morgan fingerprint density at radius 3 is 2.48 bits per heavy atom. The number of amides is 2. The molecule has 0 bridgehead atoms. The van der Waals surface area contributed by atoms with Gasteiger partial charge >= 0.3 is 6.03 Å². The van der Waals surface area contributed by atoms with Crippen LogP contribution in [0.3, 0.4) is 0 Å². The topological polar surface area (TPSA) is 57.5 Å². The molecule has 5 nitrogen and oxygen atoms in total. The van der Waals surface area contributed by atoms with Crippen LogP contribution in [0.5, 0.6) is 0 Å². The third-order valence-electron chi connectivity index (χ3n) is 4.84. The smallest absolute Gasteiger partial charge is 0.317 e. The standard InChI is InChI=1S/C20H27N3O2/c24-19(21-12-15-22-13-6-7-14-22)23(16-18-8-2-1-3-9-18)17-20(25)10-4-5-11-20/h1-3,6-9,13-14,25H,4-5,10-12,15-17H2,(H,21,24). The van der Waals surface area contributed by atoms with Crippen molar-refractivity contribution in [3.8, 4) is 0 Å². The van der Waals surface area contributed by atoms with E-state index in [-0.39, 0.29) is 6.03 Å². The van der Waals surface area contributed by atoms with Crippen LogP contribution in [0.1, 0.15) is 31.2 Å². The molecule has 1 aliphatic rings. The third-order valence-corrected chi connectivity index (χ3v) is 4.84. The first-order chi connectivity index (χ1) is 12.1. The molecule has 1 saturated carbocycles. The molecule has 0 unspecified atom stereocenters. The van der Waals surface area contributed by atoms with Gasteiger partial charge in [-0.25, -0.2) is 4.79 Å². The molecule has 25 heavy (non-hydrogen) atoms. The summed E-state index contributed by atoms with van der Waals surface area (Å²) in [4.78, 5) is 14.4. The fourth-order valence-corrected chi connectivity index (χ4v) is 3.47. The molecule has 1 aromatic heterocycles. The monoisotopic (exact) mass is 341 g/mol. The Bertz CT molecular complexity index is 649. The first-order valence-corrected chi connectivity index (χ1v) is 9.04. The Morgan fingerprint density at radius 1 is 1.12 bits per heavy atom. The number of nitrogens with one attached hydrogen (secondary N) is 1. The Kier molecular flexibility index (Phi) is 5.76. The van der Waals surface area contributed by atoms with Crippen molar-refractivity contribution in [1.29, 1.82) is 0 Å². The minimum Gasteiger partial charge on any atom is -0.388 e. The van der Waals surface area contributed by atoms with Crippen LogP contribution in [0.25, 0.3) is 0 Å². The van der Waals surface area contributed by atoms with Gasteiger partial charge in [-0.15, -0.1) is 0 Å². The Balaban J connectivity index is 1.60. The highest BCUT2D eigenvalue weighted by molar-refractivity contribution is 5.74.